The van der Waals surface area contributed by atoms with Gasteiger partial charge in [-0.2, -0.15) is 18.2 Å². The van der Waals surface area contributed by atoms with Crippen LogP contribution in [-0.2, 0) is 12.8 Å². The molecule has 0 atom stereocenters. The molecule has 0 aliphatic heterocycles. The number of oxazole rings is 1. The molecule has 1 rings (SSSR count). The van der Waals surface area contributed by atoms with E-state index in [1.54, 1.807) is 0 Å². The Kier molecular flexibility index (Phi) is 2.47. The van der Waals surface area contributed by atoms with E-state index in [4.69, 9.17) is 5.11 Å². The number of aliphatic hydroxyl groups excluding tert-OH is 1. The van der Waals surface area contributed by atoms with Crippen LogP contribution in [0.1, 0.15) is 22.1 Å². The summed E-state index contributed by atoms with van der Waals surface area (Å²) in [5.41, 5.74) is 3.21. The molecular formula is C6H5F3N2O3. The van der Waals surface area contributed by atoms with Gasteiger partial charge < -0.3 is 15.3 Å². The number of halogens is 3. The number of nitrogens with two attached hydrogens (primary N) is 1. The third-order valence-corrected chi connectivity index (χ3v) is 1.32. The third-order valence-electron chi connectivity index (χ3n) is 1.32. The molecule has 1 aromatic heterocycles. The fourth-order valence-corrected chi connectivity index (χ4v) is 0.786. The zero-order chi connectivity index (χ0) is 10.9. The first kappa shape index (κ1) is 10.5. The van der Waals surface area contributed by atoms with E-state index in [0.717, 1.165) is 0 Å². The van der Waals surface area contributed by atoms with E-state index in [1.165, 1.54) is 0 Å². The van der Waals surface area contributed by atoms with E-state index in [9.17, 15) is 18.0 Å². The van der Waals surface area contributed by atoms with Crippen molar-refractivity contribution in [1.29, 1.82) is 0 Å². The van der Waals surface area contributed by atoms with Gasteiger partial charge in [0.2, 0.25) is 0 Å². The van der Waals surface area contributed by atoms with Crippen molar-refractivity contribution >= 4 is 5.91 Å². The van der Waals surface area contributed by atoms with Crippen molar-refractivity contribution in [2.45, 2.75) is 12.8 Å². The summed E-state index contributed by atoms with van der Waals surface area (Å²) in [6.45, 7) is -1.00. The fraction of sp³-hybridized carbons (Fsp3) is 0.333. The molecule has 0 saturated carbocycles. The van der Waals surface area contributed by atoms with Gasteiger partial charge in [-0.1, -0.05) is 0 Å². The average Bonchev–Trinajstić information content (AvgIpc) is 2.46. The van der Waals surface area contributed by atoms with Crippen LogP contribution in [0.2, 0.25) is 0 Å². The second kappa shape index (κ2) is 3.29. The summed E-state index contributed by atoms with van der Waals surface area (Å²) in [6.07, 6.45) is -4.78. The molecule has 0 spiro atoms. The molecule has 0 bridgehead atoms. The second-order valence-electron chi connectivity index (χ2n) is 2.31. The number of aliphatic hydroxyl groups is 1. The monoisotopic (exact) mass is 210 g/mol. The van der Waals surface area contributed by atoms with Crippen LogP contribution in [0.5, 0.6) is 0 Å². The molecule has 1 heterocycles. The molecule has 0 aromatic carbocycles. The number of primary amides is 1. The lowest BCUT2D eigenvalue weighted by molar-refractivity contribution is -0.142. The molecule has 14 heavy (non-hydrogen) atoms. The summed E-state index contributed by atoms with van der Waals surface area (Å²) in [5.74, 6) is -2.93. The van der Waals surface area contributed by atoms with Gasteiger partial charge in [0.1, 0.15) is 6.61 Å². The standard InChI is InChI=1S/C6H5F3N2O3/c7-6(8,9)3-2(1-12)14-5(11-3)4(10)13/h12H,1H2,(H2,10,13). The predicted octanol–water partition coefficient (Wildman–Crippen LogP) is 0.285. The van der Waals surface area contributed by atoms with Crippen LogP contribution in [0.4, 0.5) is 13.2 Å². The van der Waals surface area contributed by atoms with E-state index in [0.29, 0.717) is 0 Å². The molecule has 0 aliphatic rings. The lowest BCUT2D eigenvalue weighted by Gasteiger charge is -2.01. The summed E-state index contributed by atoms with van der Waals surface area (Å²) in [6, 6.07) is 0. The molecular weight excluding hydrogens is 205 g/mol. The lowest BCUT2D eigenvalue weighted by Crippen LogP contribution is -2.13. The highest BCUT2D eigenvalue weighted by molar-refractivity contribution is 5.88. The van der Waals surface area contributed by atoms with Crippen LogP contribution in [0.3, 0.4) is 0 Å². The zero-order valence-electron chi connectivity index (χ0n) is 6.63. The zero-order valence-corrected chi connectivity index (χ0v) is 6.63. The van der Waals surface area contributed by atoms with E-state index in [-0.39, 0.29) is 0 Å². The van der Waals surface area contributed by atoms with Gasteiger partial charge in [-0.05, 0) is 0 Å². The van der Waals surface area contributed by atoms with Crippen LogP contribution < -0.4 is 5.73 Å². The number of amides is 1. The maximum atomic E-state index is 12.1. The van der Waals surface area contributed by atoms with Gasteiger partial charge in [-0.25, -0.2) is 0 Å². The van der Waals surface area contributed by atoms with E-state index in [1.807, 2.05) is 0 Å². The Balaban J connectivity index is 3.22. The average molecular weight is 210 g/mol. The van der Waals surface area contributed by atoms with Crippen molar-refractivity contribution < 1.29 is 27.5 Å². The maximum absolute atomic E-state index is 12.1. The number of hydrogen-bond donors (Lipinski definition) is 2. The lowest BCUT2D eigenvalue weighted by atomic mass is 10.3. The van der Waals surface area contributed by atoms with Crippen molar-refractivity contribution in [3.05, 3.63) is 17.3 Å². The fourth-order valence-electron chi connectivity index (χ4n) is 0.786. The van der Waals surface area contributed by atoms with Crippen LogP contribution in [0, 0.1) is 0 Å². The van der Waals surface area contributed by atoms with Gasteiger partial charge in [0.25, 0.3) is 5.89 Å². The molecule has 0 aliphatic carbocycles. The Morgan fingerprint density at radius 2 is 2.14 bits per heavy atom. The van der Waals surface area contributed by atoms with Gasteiger partial charge in [-0.15, -0.1) is 0 Å². The van der Waals surface area contributed by atoms with Crippen LogP contribution in [0.15, 0.2) is 4.42 Å². The number of hydrogen-bond acceptors (Lipinski definition) is 4. The number of alkyl halides is 3. The topological polar surface area (TPSA) is 89.4 Å². The Hall–Kier alpha value is -1.57. The van der Waals surface area contributed by atoms with Gasteiger partial charge in [0.05, 0.1) is 0 Å². The largest absolute Gasteiger partial charge is 0.436 e. The van der Waals surface area contributed by atoms with Gasteiger partial charge in [0.15, 0.2) is 11.5 Å². The van der Waals surface area contributed by atoms with Crippen LogP contribution >= 0.6 is 0 Å². The van der Waals surface area contributed by atoms with E-state index < -0.39 is 36.0 Å². The number of aromatic nitrogens is 1. The van der Waals surface area contributed by atoms with Gasteiger partial charge >= 0.3 is 12.1 Å². The summed E-state index contributed by atoms with van der Waals surface area (Å²) < 4.78 is 40.7. The first-order chi connectivity index (χ1) is 6.36. The number of carbonyl (C=O) groups is 1. The molecule has 3 N–H and O–H groups in total. The summed E-state index contributed by atoms with van der Waals surface area (Å²) in [4.78, 5) is 13.3. The van der Waals surface area contributed by atoms with Gasteiger partial charge in [-0.3, -0.25) is 4.79 Å². The Labute approximate surface area is 75.3 Å². The molecule has 1 amide bonds. The highest BCUT2D eigenvalue weighted by atomic mass is 19.4. The Morgan fingerprint density at radius 3 is 2.43 bits per heavy atom. The minimum Gasteiger partial charge on any atom is -0.434 e. The highest BCUT2D eigenvalue weighted by Crippen LogP contribution is 2.31. The summed E-state index contributed by atoms with van der Waals surface area (Å²) in [5, 5.41) is 8.49. The molecule has 0 fully saturated rings. The smallest absolute Gasteiger partial charge is 0.434 e. The molecule has 0 saturated heterocycles. The predicted molar refractivity (Wildman–Crippen MR) is 35.9 cm³/mol. The summed E-state index contributed by atoms with van der Waals surface area (Å²) >= 11 is 0. The van der Waals surface area contributed by atoms with Crippen LogP contribution in [0.25, 0.3) is 0 Å². The number of rotatable bonds is 2. The number of nitrogens with zero attached hydrogens (tertiary/aromatic N) is 1. The normalized spacial score (nSPS) is 11.7. The molecule has 0 radical (unpaired) electrons. The molecule has 78 valence electrons. The molecule has 5 nitrogen and oxygen atoms in total. The minimum absolute atomic E-state index is 0.827. The SMILES string of the molecule is NC(=O)c1nc(C(F)(F)F)c(CO)o1. The van der Waals surface area contributed by atoms with E-state index >= 15 is 0 Å². The van der Waals surface area contributed by atoms with Gasteiger partial charge in [0, 0.05) is 0 Å². The van der Waals surface area contributed by atoms with E-state index in [2.05, 4.69) is 15.1 Å². The van der Waals surface area contributed by atoms with Crippen molar-refractivity contribution in [1.82, 2.24) is 4.98 Å². The number of carbonyl (C=O) groups excluding carboxylic acids is 1. The Morgan fingerprint density at radius 1 is 1.57 bits per heavy atom. The first-order valence-corrected chi connectivity index (χ1v) is 3.33. The van der Waals surface area contributed by atoms with Crippen molar-refractivity contribution in [2.24, 2.45) is 5.73 Å². The second-order valence-corrected chi connectivity index (χ2v) is 2.31. The summed E-state index contributed by atoms with van der Waals surface area (Å²) in [7, 11) is 0. The minimum atomic E-state index is -4.78. The molecule has 0 unspecified atom stereocenters. The first-order valence-electron chi connectivity index (χ1n) is 3.33. The highest BCUT2D eigenvalue weighted by Gasteiger charge is 2.39. The molecule has 8 heteroatoms. The van der Waals surface area contributed by atoms with Crippen molar-refractivity contribution in [2.75, 3.05) is 0 Å². The maximum Gasteiger partial charge on any atom is 0.436 e. The van der Waals surface area contributed by atoms with Crippen molar-refractivity contribution in [3.8, 4) is 0 Å². The Bertz CT molecular complexity index is 358. The molecule has 1 aromatic rings. The third kappa shape index (κ3) is 1.84. The van der Waals surface area contributed by atoms with Crippen molar-refractivity contribution in [3.63, 3.8) is 0 Å². The quantitative estimate of drug-likeness (QED) is 0.733. The van der Waals surface area contributed by atoms with Crippen LogP contribution in [-0.4, -0.2) is 16.0 Å².